The van der Waals surface area contributed by atoms with Crippen LogP contribution >= 0.6 is 0 Å². The van der Waals surface area contributed by atoms with Crippen LogP contribution in [0.25, 0.3) is 22.3 Å². The number of hydrogen-bond acceptors (Lipinski definition) is 1. The van der Waals surface area contributed by atoms with E-state index in [1.807, 2.05) is 12.1 Å². The highest BCUT2D eigenvalue weighted by atomic mass is 14.6. The van der Waals surface area contributed by atoms with Gasteiger partial charge in [-0.2, -0.15) is 0 Å². The Bertz CT molecular complexity index is 732. The summed E-state index contributed by atoms with van der Waals surface area (Å²) in [6.45, 7) is 6.46. The van der Waals surface area contributed by atoms with Gasteiger partial charge in [0.05, 0.1) is 0 Å². The van der Waals surface area contributed by atoms with Crippen molar-refractivity contribution < 1.29 is 0 Å². The van der Waals surface area contributed by atoms with Crippen LogP contribution in [-0.4, -0.2) is 0 Å². The summed E-state index contributed by atoms with van der Waals surface area (Å²) in [4.78, 5) is 0. The third-order valence-electron chi connectivity index (χ3n) is 4.55. The van der Waals surface area contributed by atoms with Gasteiger partial charge in [0.25, 0.3) is 0 Å². The zero-order chi connectivity index (χ0) is 15.7. The molecule has 0 radical (unpaired) electrons. The van der Waals surface area contributed by atoms with E-state index in [0.29, 0.717) is 0 Å². The summed E-state index contributed by atoms with van der Waals surface area (Å²) in [5.41, 5.74) is 15.9. The molecule has 3 aromatic rings. The van der Waals surface area contributed by atoms with Gasteiger partial charge < -0.3 is 5.73 Å². The maximum absolute atomic E-state index is 6.52. The van der Waals surface area contributed by atoms with E-state index < -0.39 is 0 Å². The quantitative estimate of drug-likeness (QED) is 0.616. The van der Waals surface area contributed by atoms with Crippen LogP contribution in [0.15, 0.2) is 60.7 Å². The molecule has 0 aliphatic carbocycles. The lowest BCUT2D eigenvalue weighted by Gasteiger charge is -2.21. The van der Waals surface area contributed by atoms with Crippen molar-refractivity contribution in [2.24, 2.45) is 0 Å². The van der Waals surface area contributed by atoms with E-state index in [-0.39, 0.29) is 0 Å². The Balaban J connectivity index is 2.42. The first-order valence-corrected chi connectivity index (χ1v) is 7.61. The molecule has 0 spiro atoms. The Morgan fingerprint density at radius 1 is 0.545 bits per heavy atom. The van der Waals surface area contributed by atoms with E-state index in [2.05, 4.69) is 69.3 Å². The summed E-state index contributed by atoms with van der Waals surface area (Å²) >= 11 is 0. The van der Waals surface area contributed by atoms with Crippen LogP contribution in [0.3, 0.4) is 0 Å². The van der Waals surface area contributed by atoms with Crippen LogP contribution in [0, 0.1) is 20.8 Å². The molecule has 0 aliphatic rings. The van der Waals surface area contributed by atoms with E-state index in [9.17, 15) is 0 Å². The Kier molecular flexibility index (Phi) is 3.72. The minimum Gasteiger partial charge on any atom is -0.398 e. The molecule has 0 saturated carbocycles. The molecule has 0 atom stereocenters. The second kappa shape index (κ2) is 5.69. The van der Waals surface area contributed by atoms with E-state index in [1.165, 1.54) is 33.4 Å². The lowest BCUT2D eigenvalue weighted by atomic mass is 9.85. The van der Waals surface area contributed by atoms with Gasteiger partial charge in [0.1, 0.15) is 0 Å². The molecule has 2 N–H and O–H groups in total. The van der Waals surface area contributed by atoms with Gasteiger partial charge in [0, 0.05) is 11.3 Å². The number of benzene rings is 3. The maximum Gasteiger partial charge on any atom is 0.0432 e. The highest BCUT2D eigenvalue weighted by Gasteiger charge is 2.18. The van der Waals surface area contributed by atoms with Crippen LogP contribution in [0.4, 0.5) is 5.69 Å². The van der Waals surface area contributed by atoms with Gasteiger partial charge in [0.2, 0.25) is 0 Å². The van der Waals surface area contributed by atoms with Crippen molar-refractivity contribution in [2.75, 3.05) is 5.73 Å². The molecular weight excluding hydrogens is 266 g/mol. The highest BCUT2D eigenvalue weighted by Crippen LogP contribution is 2.42. The highest BCUT2D eigenvalue weighted by molar-refractivity contribution is 5.95. The molecule has 0 amide bonds. The molecule has 0 fully saturated rings. The first-order valence-electron chi connectivity index (χ1n) is 7.61. The minimum atomic E-state index is 0.883. The maximum atomic E-state index is 6.52. The first kappa shape index (κ1) is 14.4. The standard InChI is InChI=1S/C21H21N/c1-14-15(2)19(17-10-6-4-7-11-17)20(21(22)16(14)3)18-12-8-5-9-13-18/h4-13H,22H2,1-3H3. The summed E-state index contributed by atoms with van der Waals surface area (Å²) in [7, 11) is 0. The molecule has 3 aromatic carbocycles. The van der Waals surface area contributed by atoms with Crippen molar-refractivity contribution in [3.8, 4) is 22.3 Å². The summed E-state index contributed by atoms with van der Waals surface area (Å²) in [5, 5.41) is 0. The number of nitrogens with two attached hydrogens (primary N) is 1. The smallest absolute Gasteiger partial charge is 0.0432 e. The van der Waals surface area contributed by atoms with Crippen LogP contribution < -0.4 is 5.73 Å². The van der Waals surface area contributed by atoms with Crippen molar-refractivity contribution in [3.63, 3.8) is 0 Å². The predicted octanol–water partition coefficient (Wildman–Crippen LogP) is 5.53. The fourth-order valence-electron chi connectivity index (χ4n) is 3.05. The Labute approximate surface area is 132 Å². The van der Waals surface area contributed by atoms with E-state index in [4.69, 9.17) is 5.73 Å². The first-order chi connectivity index (χ1) is 10.6. The topological polar surface area (TPSA) is 26.0 Å². The summed E-state index contributed by atoms with van der Waals surface area (Å²) in [6.07, 6.45) is 0. The molecule has 0 aliphatic heterocycles. The molecule has 0 unspecified atom stereocenters. The van der Waals surface area contributed by atoms with Gasteiger partial charge in [-0.1, -0.05) is 60.7 Å². The van der Waals surface area contributed by atoms with E-state index in [1.54, 1.807) is 0 Å². The van der Waals surface area contributed by atoms with E-state index in [0.717, 1.165) is 11.3 Å². The predicted molar refractivity (Wildman–Crippen MR) is 95.9 cm³/mol. The third kappa shape index (κ3) is 2.29. The zero-order valence-corrected chi connectivity index (χ0v) is 13.4. The monoisotopic (exact) mass is 287 g/mol. The average Bonchev–Trinajstić information content (AvgIpc) is 2.57. The molecule has 3 rings (SSSR count). The molecule has 1 nitrogen and oxygen atoms in total. The molecule has 0 bridgehead atoms. The zero-order valence-electron chi connectivity index (χ0n) is 13.4. The second-order valence-electron chi connectivity index (χ2n) is 5.77. The van der Waals surface area contributed by atoms with Crippen molar-refractivity contribution >= 4 is 5.69 Å². The Hall–Kier alpha value is -2.54. The van der Waals surface area contributed by atoms with Gasteiger partial charge in [-0.15, -0.1) is 0 Å². The molecule has 110 valence electrons. The average molecular weight is 287 g/mol. The van der Waals surface area contributed by atoms with Crippen molar-refractivity contribution in [1.82, 2.24) is 0 Å². The van der Waals surface area contributed by atoms with Crippen LogP contribution in [0.5, 0.6) is 0 Å². The fraction of sp³-hybridized carbons (Fsp3) is 0.143. The van der Waals surface area contributed by atoms with Gasteiger partial charge in [-0.25, -0.2) is 0 Å². The molecule has 0 aromatic heterocycles. The van der Waals surface area contributed by atoms with Crippen molar-refractivity contribution in [1.29, 1.82) is 0 Å². The number of anilines is 1. The Morgan fingerprint density at radius 2 is 1.00 bits per heavy atom. The Morgan fingerprint density at radius 3 is 1.50 bits per heavy atom. The fourth-order valence-corrected chi connectivity index (χ4v) is 3.05. The largest absolute Gasteiger partial charge is 0.398 e. The van der Waals surface area contributed by atoms with Gasteiger partial charge in [0.15, 0.2) is 0 Å². The second-order valence-corrected chi connectivity index (χ2v) is 5.77. The number of rotatable bonds is 2. The lowest BCUT2D eigenvalue weighted by Crippen LogP contribution is -2.02. The molecule has 22 heavy (non-hydrogen) atoms. The third-order valence-corrected chi connectivity index (χ3v) is 4.55. The molecule has 0 saturated heterocycles. The van der Waals surface area contributed by atoms with Gasteiger partial charge in [-0.3, -0.25) is 0 Å². The molecular formula is C21H21N. The number of hydrogen-bond donors (Lipinski definition) is 1. The van der Waals surface area contributed by atoms with E-state index >= 15 is 0 Å². The lowest BCUT2D eigenvalue weighted by molar-refractivity contribution is 1.27. The van der Waals surface area contributed by atoms with Crippen molar-refractivity contribution in [3.05, 3.63) is 77.4 Å². The van der Waals surface area contributed by atoms with Crippen LogP contribution in [0.2, 0.25) is 0 Å². The molecule has 0 heterocycles. The summed E-state index contributed by atoms with van der Waals surface area (Å²) in [5.74, 6) is 0. The molecule has 1 heteroatoms. The van der Waals surface area contributed by atoms with Crippen molar-refractivity contribution in [2.45, 2.75) is 20.8 Å². The normalized spacial score (nSPS) is 10.7. The summed E-state index contributed by atoms with van der Waals surface area (Å²) in [6, 6.07) is 20.9. The van der Waals surface area contributed by atoms with Gasteiger partial charge >= 0.3 is 0 Å². The minimum absolute atomic E-state index is 0.883. The SMILES string of the molecule is Cc1c(C)c(N)c(-c2ccccc2)c(-c2ccccc2)c1C. The summed E-state index contributed by atoms with van der Waals surface area (Å²) < 4.78 is 0. The van der Waals surface area contributed by atoms with Crippen LogP contribution in [-0.2, 0) is 0 Å². The number of nitrogen functional groups attached to an aromatic ring is 1. The van der Waals surface area contributed by atoms with Gasteiger partial charge in [-0.05, 0) is 54.2 Å². The van der Waals surface area contributed by atoms with Crippen LogP contribution in [0.1, 0.15) is 16.7 Å².